The molecule has 2 N–H and O–H groups in total. The molecule has 0 fully saturated rings. The van der Waals surface area contributed by atoms with Crippen LogP contribution in [0.2, 0.25) is 0 Å². The molecule has 0 bridgehead atoms. The van der Waals surface area contributed by atoms with E-state index in [9.17, 15) is 14.6 Å². The van der Waals surface area contributed by atoms with Crippen LogP contribution >= 0.6 is 7.37 Å². The summed E-state index contributed by atoms with van der Waals surface area (Å²) in [5.74, 6) is 0. The first-order valence-corrected chi connectivity index (χ1v) is 8.62. The molecule has 21 heavy (non-hydrogen) atoms. The Morgan fingerprint density at radius 2 is 1.48 bits per heavy atom. The van der Waals surface area contributed by atoms with E-state index in [1.807, 2.05) is 36.4 Å². The first kappa shape index (κ1) is 16.0. The number of hydrogen-bond acceptors (Lipinski definition) is 2. The van der Waals surface area contributed by atoms with E-state index in [0.717, 1.165) is 5.56 Å². The van der Waals surface area contributed by atoms with Gasteiger partial charge in [0, 0.05) is 10.5 Å². The van der Waals surface area contributed by atoms with Gasteiger partial charge in [-0.3, -0.25) is 4.57 Å². The van der Waals surface area contributed by atoms with Gasteiger partial charge in [0.2, 0.25) is 7.37 Å². The molecule has 0 amide bonds. The van der Waals surface area contributed by atoms with Crippen LogP contribution in [0.25, 0.3) is 0 Å². The van der Waals surface area contributed by atoms with Crippen LogP contribution in [0.15, 0.2) is 60.7 Å². The molecular formula is C17H21O3P. The molecule has 0 aliphatic heterocycles. The van der Waals surface area contributed by atoms with Crippen LogP contribution in [-0.4, -0.2) is 15.2 Å². The Morgan fingerprint density at radius 3 is 2.00 bits per heavy atom. The molecule has 112 valence electrons. The van der Waals surface area contributed by atoms with Crippen molar-refractivity contribution < 1.29 is 14.6 Å². The van der Waals surface area contributed by atoms with Crippen molar-refractivity contribution in [3.05, 3.63) is 66.2 Å². The molecular weight excluding hydrogens is 283 g/mol. The predicted octanol–water partition coefficient (Wildman–Crippen LogP) is 3.48. The van der Waals surface area contributed by atoms with E-state index in [1.54, 1.807) is 38.1 Å². The molecule has 2 rings (SSSR count). The Hall–Kier alpha value is -1.41. The van der Waals surface area contributed by atoms with Gasteiger partial charge in [0.15, 0.2) is 0 Å². The number of aliphatic hydroxyl groups is 1. The molecule has 0 aliphatic carbocycles. The quantitative estimate of drug-likeness (QED) is 0.831. The fourth-order valence-electron chi connectivity index (χ4n) is 2.37. The predicted molar refractivity (Wildman–Crippen MR) is 86.0 cm³/mol. The Bertz CT molecular complexity index is 623. The summed E-state index contributed by atoms with van der Waals surface area (Å²) in [6.07, 6.45) is -0.537. The maximum Gasteiger partial charge on any atom is 0.235 e. The summed E-state index contributed by atoms with van der Waals surface area (Å²) in [5, 5.41) is 9.85. The summed E-state index contributed by atoms with van der Waals surface area (Å²) in [6.45, 7) is 3.46. The zero-order chi connectivity index (χ0) is 15.5. The number of aliphatic hydroxyl groups excluding tert-OH is 1. The maximum atomic E-state index is 12.8. The minimum absolute atomic E-state index is 0.222. The van der Waals surface area contributed by atoms with Crippen LogP contribution < -0.4 is 5.30 Å². The standard InChI is InChI=1S/C17H21O3P/c1-17(2,13-16(18)14-9-5-3-6-10-14)21(19,20)15-11-7-4-8-12-15/h3-12,16,18H,13H2,1-2H3,(H,19,20)/t16-/m0/s1. The van der Waals surface area contributed by atoms with Gasteiger partial charge in [-0.15, -0.1) is 0 Å². The zero-order valence-electron chi connectivity index (χ0n) is 12.3. The molecule has 0 heterocycles. The highest BCUT2D eigenvalue weighted by Gasteiger charge is 2.41. The smallest absolute Gasteiger partial charge is 0.235 e. The third kappa shape index (κ3) is 3.44. The molecule has 1 unspecified atom stereocenters. The highest BCUT2D eigenvalue weighted by Crippen LogP contribution is 2.56. The summed E-state index contributed by atoms with van der Waals surface area (Å²) in [5.41, 5.74) is 0.763. The first-order chi connectivity index (χ1) is 9.84. The summed E-state index contributed by atoms with van der Waals surface area (Å²) < 4.78 is 12.8. The van der Waals surface area contributed by atoms with Crippen molar-refractivity contribution in [2.45, 2.75) is 31.5 Å². The molecule has 0 aromatic heterocycles. The van der Waals surface area contributed by atoms with E-state index >= 15 is 0 Å². The summed E-state index contributed by atoms with van der Waals surface area (Å²) in [4.78, 5) is 10.6. The van der Waals surface area contributed by atoms with E-state index in [-0.39, 0.29) is 6.42 Å². The Morgan fingerprint density at radius 1 is 1.00 bits per heavy atom. The van der Waals surface area contributed by atoms with Crippen molar-refractivity contribution in [3.63, 3.8) is 0 Å². The van der Waals surface area contributed by atoms with Crippen LogP contribution in [0, 0.1) is 0 Å². The third-order valence-electron chi connectivity index (χ3n) is 3.80. The lowest BCUT2D eigenvalue weighted by Gasteiger charge is -2.32. The second-order valence-corrected chi connectivity index (χ2v) is 8.73. The van der Waals surface area contributed by atoms with E-state index in [0.29, 0.717) is 5.30 Å². The van der Waals surface area contributed by atoms with Crippen LogP contribution in [0.3, 0.4) is 0 Å². The van der Waals surface area contributed by atoms with Gasteiger partial charge < -0.3 is 10.00 Å². The fourth-order valence-corrected chi connectivity index (χ4v) is 4.07. The van der Waals surface area contributed by atoms with Crippen LogP contribution in [0.5, 0.6) is 0 Å². The van der Waals surface area contributed by atoms with E-state index < -0.39 is 18.6 Å². The SMILES string of the molecule is CC(C)(C[C@H](O)c1ccccc1)P(=O)(O)c1ccccc1. The van der Waals surface area contributed by atoms with Gasteiger partial charge in [-0.1, -0.05) is 62.4 Å². The molecule has 2 aromatic carbocycles. The van der Waals surface area contributed by atoms with E-state index in [2.05, 4.69) is 0 Å². The summed E-state index contributed by atoms with van der Waals surface area (Å²) in [6, 6.07) is 17.9. The first-order valence-electron chi connectivity index (χ1n) is 6.96. The number of rotatable bonds is 5. The van der Waals surface area contributed by atoms with Gasteiger partial charge in [0.25, 0.3) is 0 Å². The van der Waals surface area contributed by atoms with E-state index in [4.69, 9.17) is 0 Å². The second kappa shape index (κ2) is 6.15. The van der Waals surface area contributed by atoms with Gasteiger partial charge in [-0.05, 0) is 24.1 Å². The molecule has 0 spiro atoms. The van der Waals surface area contributed by atoms with Crippen LogP contribution in [0.1, 0.15) is 31.9 Å². The van der Waals surface area contributed by atoms with Gasteiger partial charge in [0.1, 0.15) is 0 Å². The maximum absolute atomic E-state index is 12.8. The molecule has 0 saturated carbocycles. The second-order valence-electron chi connectivity index (χ2n) is 5.85. The number of hydrogen-bond donors (Lipinski definition) is 2. The lowest BCUT2D eigenvalue weighted by molar-refractivity contribution is 0.153. The molecule has 0 saturated heterocycles. The molecule has 4 heteroatoms. The van der Waals surface area contributed by atoms with Crippen molar-refractivity contribution in [2.75, 3.05) is 0 Å². The van der Waals surface area contributed by atoms with Crippen molar-refractivity contribution >= 4 is 12.7 Å². The minimum atomic E-state index is -3.58. The van der Waals surface area contributed by atoms with Crippen LogP contribution in [-0.2, 0) is 4.57 Å². The summed E-state index contributed by atoms with van der Waals surface area (Å²) >= 11 is 0. The van der Waals surface area contributed by atoms with Crippen molar-refractivity contribution in [2.24, 2.45) is 0 Å². The van der Waals surface area contributed by atoms with Crippen LogP contribution in [0.4, 0.5) is 0 Å². The van der Waals surface area contributed by atoms with Gasteiger partial charge in [-0.25, -0.2) is 0 Å². The monoisotopic (exact) mass is 304 g/mol. The molecule has 0 aliphatic rings. The normalized spacial score (nSPS) is 16.2. The van der Waals surface area contributed by atoms with Gasteiger partial charge in [0.05, 0.1) is 6.10 Å². The molecule has 3 nitrogen and oxygen atoms in total. The third-order valence-corrected chi connectivity index (χ3v) is 6.63. The van der Waals surface area contributed by atoms with Crippen molar-refractivity contribution in [1.82, 2.24) is 0 Å². The zero-order valence-corrected chi connectivity index (χ0v) is 13.2. The highest BCUT2D eigenvalue weighted by atomic mass is 31.2. The van der Waals surface area contributed by atoms with Gasteiger partial charge >= 0.3 is 0 Å². The molecule has 2 aromatic rings. The largest absolute Gasteiger partial charge is 0.388 e. The van der Waals surface area contributed by atoms with Crippen molar-refractivity contribution in [3.8, 4) is 0 Å². The minimum Gasteiger partial charge on any atom is -0.388 e. The Balaban J connectivity index is 2.24. The lowest BCUT2D eigenvalue weighted by Crippen LogP contribution is -2.28. The van der Waals surface area contributed by atoms with Crippen molar-refractivity contribution in [1.29, 1.82) is 0 Å². The average Bonchev–Trinajstić information content (AvgIpc) is 2.48. The highest BCUT2D eigenvalue weighted by molar-refractivity contribution is 7.67. The van der Waals surface area contributed by atoms with Gasteiger partial charge in [-0.2, -0.15) is 0 Å². The average molecular weight is 304 g/mol. The lowest BCUT2D eigenvalue weighted by atomic mass is 9.99. The van der Waals surface area contributed by atoms with E-state index in [1.165, 1.54) is 0 Å². The Labute approximate surface area is 125 Å². The topological polar surface area (TPSA) is 57.5 Å². The summed E-state index contributed by atoms with van der Waals surface area (Å²) in [7, 11) is -3.58. The Kier molecular flexibility index (Phi) is 4.67. The molecule has 2 atom stereocenters. The number of benzene rings is 2. The molecule has 0 radical (unpaired) electrons. The fraction of sp³-hybridized carbons (Fsp3) is 0.294.